The van der Waals surface area contributed by atoms with Crippen LogP contribution in [-0.4, -0.2) is 35.5 Å². The Bertz CT molecular complexity index is 255. The van der Waals surface area contributed by atoms with E-state index in [1.807, 2.05) is 0 Å². The van der Waals surface area contributed by atoms with E-state index in [9.17, 15) is 4.79 Å². The molecule has 2 N–H and O–H groups in total. The molecule has 0 saturated heterocycles. The van der Waals surface area contributed by atoms with Gasteiger partial charge in [0.05, 0.1) is 6.61 Å². The monoisotopic (exact) mass is 316 g/mol. The first kappa shape index (κ1) is 21.4. The van der Waals surface area contributed by atoms with E-state index in [2.05, 4.69) is 13.8 Å². The molecule has 132 valence electrons. The van der Waals surface area contributed by atoms with Crippen molar-refractivity contribution in [1.29, 1.82) is 0 Å². The van der Waals surface area contributed by atoms with Crippen LogP contribution in [0.2, 0.25) is 0 Å². The van der Waals surface area contributed by atoms with E-state index in [0.717, 1.165) is 18.8 Å². The van der Waals surface area contributed by atoms with Crippen LogP contribution < -0.4 is 0 Å². The molecule has 0 unspecified atom stereocenters. The molecule has 0 heterocycles. The third kappa shape index (κ3) is 14.3. The summed E-state index contributed by atoms with van der Waals surface area (Å²) >= 11 is 0. The topological polar surface area (TPSA) is 66.8 Å². The second kappa shape index (κ2) is 15.3. The van der Waals surface area contributed by atoms with E-state index in [1.54, 1.807) is 0 Å². The van der Waals surface area contributed by atoms with Crippen LogP contribution in [-0.2, 0) is 9.53 Å². The lowest BCUT2D eigenvalue weighted by molar-refractivity contribution is -0.147. The van der Waals surface area contributed by atoms with Crippen molar-refractivity contribution in [1.82, 2.24) is 0 Å². The fourth-order valence-corrected chi connectivity index (χ4v) is 2.34. The fraction of sp³-hybridized carbons (Fsp3) is 0.944. The van der Waals surface area contributed by atoms with Gasteiger partial charge in [-0.05, 0) is 12.3 Å². The van der Waals surface area contributed by atoms with E-state index >= 15 is 0 Å². The van der Waals surface area contributed by atoms with Crippen molar-refractivity contribution >= 4 is 5.97 Å². The predicted octanol–water partition coefficient (Wildman–Crippen LogP) is 3.83. The number of hydrogen-bond donors (Lipinski definition) is 2. The highest BCUT2D eigenvalue weighted by Gasteiger charge is 2.07. The zero-order valence-corrected chi connectivity index (χ0v) is 14.6. The molecule has 0 rings (SSSR count). The Hall–Kier alpha value is -0.610. The number of ether oxygens (including phenoxy) is 1. The standard InChI is InChI=1S/C18H36O4/c1-3-16(2)12-10-8-6-4-5-7-9-11-13-18(21)22-15-17(20)14-19/h16-17,19-20H,3-15H2,1-2H3/t16-,17+/m0/s1. The zero-order chi connectivity index (χ0) is 16.6. The molecule has 0 aliphatic rings. The van der Waals surface area contributed by atoms with Crippen molar-refractivity contribution in [2.75, 3.05) is 13.2 Å². The SMILES string of the molecule is CC[C@H](C)CCCCCCCCCCC(=O)OC[C@H](O)CO. The average molecular weight is 316 g/mol. The maximum atomic E-state index is 11.3. The third-order valence-corrected chi connectivity index (χ3v) is 4.17. The van der Waals surface area contributed by atoms with Gasteiger partial charge in [-0.2, -0.15) is 0 Å². The number of carbonyl (C=O) groups excluding carboxylic acids is 1. The van der Waals surface area contributed by atoms with Gasteiger partial charge in [0.2, 0.25) is 0 Å². The number of carbonyl (C=O) groups is 1. The van der Waals surface area contributed by atoms with Crippen molar-refractivity contribution in [3.05, 3.63) is 0 Å². The Morgan fingerprint density at radius 3 is 2.09 bits per heavy atom. The van der Waals surface area contributed by atoms with Gasteiger partial charge in [-0.3, -0.25) is 4.79 Å². The highest BCUT2D eigenvalue weighted by Crippen LogP contribution is 2.15. The summed E-state index contributed by atoms with van der Waals surface area (Å²) in [5.41, 5.74) is 0. The van der Waals surface area contributed by atoms with Crippen LogP contribution in [0.3, 0.4) is 0 Å². The Balaban J connectivity index is 3.21. The molecule has 0 fully saturated rings. The zero-order valence-electron chi connectivity index (χ0n) is 14.6. The largest absolute Gasteiger partial charge is 0.463 e. The minimum Gasteiger partial charge on any atom is -0.463 e. The summed E-state index contributed by atoms with van der Waals surface area (Å²) in [6.07, 6.45) is 11.8. The van der Waals surface area contributed by atoms with E-state index < -0.39 is 6.10 Å². The van der Waals surface area contributed by atoms with Gasteiger partial charge in [0.1, 0.15) is 12.7 Å². The average Bonchev–Trinajstić information content (AvgIpc) is 2.53. The van der Waals surface area contributed by atoms with Crippen LogP contribution >= 0.6 is 0 Å². The molecular weight excluding hydrogens is 280 g/mol. The van der Waals surface area contributed by atoms with E-state index in [0.29, 0.717) is 6.42 Å². The molecule has 0 aromatic rings. The molecule has 2 atom stereocenters. The number of aliphatic hydroxyl groups excluding tert-OH is 2. The summed E-state index contributed by atoms with van der Waals surface area (Å²) in [7, 11) is 0. The predicted molar refractivity (Wildman–Crippen MR) is 89.7 cm³/mol. The van der Waals surface area contributed by atoms with Gasteiger partial charge in [0.15, 0.2) is 0 Å². The maximum absolute atomic E-state index is 11.3. The summed E-state index contributed by atoms with van der Waals surface area (Å²) in [6, 6.07) is 0. The first-order valence-corrected chi connectivity index (χ1v) is 9.04. The fourth-order valence-electron chi connectivity index (χ4n) is 2.34. The summed E-state index contributed by atoms with van der Waals surface area (Å²) in [4.78, 5) is 11.3. The number of unbranched alkanes of at least 4 members (excludes halogenated alkanes) is 7. The van der Waals surface area contributed by atoms with Crippen LogP contribution in [0, 0.1) is 5.92 Å². The minimum absolute atomic E-state index is 0.105. The molecule has 0 aromatic carbocycles. The Kier molecular flexibility index (Phi) is 14.9. The lowest BCUT2D eigenvalue weighted by Gasteiger charge is -2.08. The van der Waals surface area contributed by atoms with Crippen molar-refractivity contribution < 1.29 is 19.7 Å². The Morgan fingerprint density at radius 1 is 1.00 bits per heavy atom. The summed E-state index contributed by atoms with van der Waals surface area (Å²) < 4.78 is 4.85. The van der Waals surface area contributed by atoms with Gasteiger partial charge in [-0.1, -0.05) is 71.6 Å². The molecule has 0 aromatic heterocycles. The van der Waals surface area contributed by atoms with Crippen LogP contribution in [0.5, 0.6) is 0 Å². The molecule has 0 aliphatic heterocycles. The maximum Gasteiger partial charge on any atom is 0.305 e. The van der Waals surface area contributed by atoms with Gasteiger partial charge in [0, 0.05) is 6.42 Å². The summed E-state index contributed by atoms with van der Waals surface area (Å²) in [5, 5.41) is 17.7. The van der Waals surface area contributed by atoms with Crippen molar-refractivity contribution in [2.24, 2.45) is 5.92 Å². The number of aliphatic hydroxyl groups is 2. The molecule has 0 bridgehead atoms. The van der Waals surface area contributed by atoms with Crippen LogP contribution in [0.4, 0.5) is 0 Å². The number of esters is 1. The van der Waals surface area contributed by atoms with Gasteiger partial charge < -0.3 is 14.9 Å². The highest BCUT2D eigenvalue weighted by molar-refractivity contribution is 5.69. The van der Waals surface area contributed by atoms with Gasteiger partial charge in [-0.25, -0.2) is 0 Å². The molecule has 0 saturated carbocycles. The first-order valence-electron chi connectivity index (χ1n) is 9.04. The molecule has 0 aliphatic carbocycles. The van der Waals surface area contributed by atoms with Gasteiger partial charge >= 0.3 is 5.97 Å². The second-order valence-electron chi connectivity index (χ2n) is 6.40. The molecule has 22 heavy (non-hydrogen) atoms. The molecular formula is C18H36O4. The summed E-state index contributed by atoms with van der Waals surface area (Å²) in [5.74, 6) is 0.593. The molecule has 4 nitrogen and oxygen atoms in total. The smallest absolute Gasteiger partial charge is 0.305 e. The lowest BCUT2D eigenvalue weighted by atomic mass is 9.99. The minimum atomic E-state index is -0.954. The van der Waals surface area contributed by atoms with Crippen molar-refractivity contribution in [3.8, 4) is 0 Å². The van der Waals surface area contributed by atoms with E-state index in [1.165, 1.54) is 51.4 Å². The number of hydrogen-bond acceptors (Lipinski definition) is 4. The Morgan fingerprint density at radius 2 is 1.55 bits per heavy atom. The normalized spacial score (nSPS) is 13.8. The lowest BCUT2D eigenvalue weighted by Crippen LogP contribution is -2.21. The van der Waals surface area contributed by atoms with Gasteiger partial charge in [0.25, 0.3) is 0 Å². The molecule has 4 heteroatoms. The van der Waals surface area contributed by atoms with Crippen LogP contribution in [0.1, 0.15) is 84.5 Å². The van der Waals surface area contributed by atoms with Crippen LogP contribution in [0.25, 0.3) is 0 Å². The third-order valence-electron chi connectivity index (χ3n) is 4.17. The molecule has 0 spiro atoms. The first-order chi connectivity index (χ1) is 10.6. The van der Waals surface area contributed by atoms with E-state index in [-0.39, 0.29) is 19.2 Å². The highest BCUT2D eigenvalue weighted by atomic mass is 16.5. The Labute approximate surface area is 136 Å². The second-order valence-corrected chi connectivity index (χ2v) is 6.40. The van der Waals surface area contributed by atoms with E-state index in [4.69, 9.17) is 14.9 Å². The van der Waals surface area contributed by atoms with Crippen LogP contribution in [0.15, 0.2) is 0 Å². The summed E-state index contributed by atoms with van der Waals surface area (Å²) in [6.45, 7) is 4.11. The van der Waals surface area contributed by atoms with Crippen molar-refractivity contribution in [3.63, 3.8) is 0 Å². The van der Waals surface area contributed by atoms with Crippen molar-refractivity contribution in [2.45, 2.75) is 90.6 Å². The number of rotatable bonds is 15. The molecule has 0 amide bonds. The molecule has 0 radical (unpaired) electrons. The quantitative estimate of drug-likeness (QED) is 0.356. The van der Waals surface area contributed by atoms with Gasteiger partial charge in [-0.15, -0.1) is 0 Å².